The Morgan fingerprint density at radius 2 is 2.11 bits per heavy atom. The van der Waals surface area contributed by atoms with E-state index in [-0.39, 0.29) is 17.9 Å². The molecular formula is C14H20ClNO3. The summed E-state index contributed by atoms with van der Waals surface area (Å²) in [6.07, 6.45) is 0.564. The molecule has 0 atom stereocenters. The third-order valence-electron chi connectivity index (χ3n) is 2.99. The molecule has 0 aromatic carbocycles. The van der Waals surface area contributed by atoms with E-state index in [4.69, 9.17) is 16.3 Å². The minimum atomic E-state index is -0.421. The van der Waals surface area contributed by atoms with Crippen LogP contribution in [0.15, 0.2) is 16.9 Å². The minimum Gasteiger partial charge on any atom is -0.383 e. The predicted octanol–water partition coefficient (Wildman–Crippen LogP) is 2.32. The molecule has 0 unspecified atom stereocenters. The molecule has 0 bridgehead atoms. The van der Waals surface area contributed by atoms with Crippen LogP contribution in [0.4, 0.5) is 0 Å². The lowest BCUT2D eigenvalue weighted by Gasteiger charge is -2.16. The molecule has 1 rings (SSSR count). The monoisotopic (exact) mass is 285 g/mol. The van der Waals surface area contributed by atoms with Gasteiger partial charge >= 0.3 is 0 Å². The van der Waals surface area contributed by atoms with E-state index in [0.29, 0.717) is 25.1 Å². The van der Waals surface area contributed by atoms with E-state index >= 15 is 0 Å². The van der Waals surface area contributed by atoms with Gasteiger partial charge in [0.15, 0.2) is 0 Å². The Kier molecular flexibility index (Phi) is 6.25. The van der Waals surface area contributed by atoms with E-state index in [1.165, 1.54) is 0 Å². The third kappa shape index (κ3) is 4.48. The van der Waals surface area contributed by atoms with Crippen LogP contribution in [-0.2, 0) is 22.5 Å². The minimum absolute atomic E-state index is 0.0545. The number of hydrogen-bond acceptors (Lipinski definition) is 3. The van der Waals surface area contributed by atoms with Crippen LogP contribution in [0.5, 0.6) is 0 Å². The molecular weight excluding hydrogens is 266 g/mol. The number of hydrogen-bond donors (Lipinski definition) is 0. The summed E-state index contributed by atoms with van der Waals surface area (Å²) in [5, 5.41) is -0.421. The number of pyridine rings is 1. The normalized spacial score (nSPS) is 11.0. The van der Waals surface area contributed by atoms with Crippen LogP contribution in [0.1, 0.15) is 37.4 Å². The molecule has 5 heteroatoms. The van der Waals surface area contributed by atoms with Crippen molar-refractivity contribution in [2.24, 2.45) is 0 Å². The quantitative estimate of drug-likeness (QED) is 0.722. The Hall–Kier alpha value is -1.13. The summed E-state index contributed by atoms with van der Waals surface area (Å²) < 4.78 is 6.76. The predicted molar refractivity (Wildman–Crippen MR) is 75.8 cm³/mol. The Balaban J connectivity index is 3.10. The zero-order valence-corrected chi connectivity index (χ0v) is 12.4. The van der Waals surface area contributed by atoms with Crippen molar-refractivity contribution in [3.05, 3.63) is 33.7 Å². The summed E-state index contributed by atoms with van der Waals surface area (Å²) in [5.41, 5.74) is 1.54. The van der Waals surface area contributed by atoms with Crippen molar-refractivity contribution < 1.29 is 9.53 Å². The van der Waals surface area contributed by atoms with E-state index in [1.54, 1.807) is 17.7 Å². The van der Waals surface area contributed by atoms with Crippen LogP contribution in [0.25, 0.3) is 0 Å². The molecule has 0 N–H and O–H groups in total. The molecule has 0 aliphatic carbocycles. The topological polar surface area (TPSA) is 48.3 Å². The van der Waals surface area contributed by atoms with Crippen molar-refractivity contribution in [2.75, 3.05) is 13.7 Å². The standard InChI is InChI=1S/C14H20ClNO3/c1-10(2)12-6-4-11(5-7-13(15)17)14(18)16(12)8-9-19-3/h4,6,10H,5,7-9H2,1-3H3. The fraction of sp³-hybridized carbons (Fsp3) is 0.571. The number of aromatic nitrogens is 1. The first-order valence-electron chi connectivity index (χ1n) is 6.37. The van der Waals surface area contributed by atoms with Crippen LogP contribution < -0.4 is 5.56 Å². The van der Waals surface area contributed by atoms with Gasteiger partial charge in [-0.1, -0.05) is 19.9 Å². The first-order chi connectivity index (χ1) is 8.97. The summed E-state index contributed by atoms with van der Waals surface area (Å²) in [6.45, 7) is 5.09. The highest BCUT2D eigenvalue weighted by Crippen LogP contribution is 2.13. The van der Waals surface area contributed by atoms with Crippen molar-refractivity contribution >= 4 is 16.8 Å². The summed E-state index contributed by atoms with van der Waals surface area (Å²) >= 11 is 5.32. The van der Waals surface area contributed by atoms with Crippen LogP contribution in [-0.4, -0.2) is 23.5 Å². The smallest absolute Gasteiger partial charge is 0.254 e. The van der Waals surface area contributed by atoms with E-state index in [2.05, 4.69) is 0 Å². The molecule has 0 aliphatic heterocycles. The number of ether oxygens (including phenoxy) is 1. The highest BCUT2D eigenvalue weighted by molar-refractivity contribution is 6.63. The molecule has 19 heavy (non-hydrogen) atoms. The van der Waals surface area contributed by atoms with E-state index in [1.807, 2.05) is 19.9 Å². The van der Waals surface area contributed by atoms with Gasteiger partial charge in [-0.15, -0.1) is 0 Å². The largest absolute Gasteiger partial charge is 0.383 e. The van der Waals surface area contributed by atoms with Gasteiger partial charge in [-0.2, -0.15) is 0 Å². The Morgan fingerprint density at radius 1 is 1.42 bits per heavy atom. The van der Waals surface area contributed by atoms with Gasteiger partial charge in [0.25, 0.3) is 5.56 Å². The van der Waals surface area contributed by atoms with E-state index < -0.39 is 5.24 Å². The molecule has 0 radical (unpaired) electrons. The number of carbonyl (C=O) groups is 1. The van der Waals surface area contributed by atoms with Crippen molar-refractivity contribution in [2.45, 2.75) is 39.2 Å². The highest BCUT2D eigenvalue weighted by atomic mass is 35.5. The van der Waals surface area contributed by atoms with E-state index in [9.17, 15) is 9.59 Å². The van der Waals surface area contributed by atoms with Crippen LogP contribution in [0.2, 0.25) is 0 Å². The van der Waals surface area contributed by atoms with E-state index in [0.717, 1.165) is 5.69 Å². The fourth-order valence-corrected chi connectivity index (χ4v) is 2.07. The van der Waals surface area contributed by atoms with Gasteiger partial charge in [0, 0.05) is 31.3 Å². The van der Waals surface area contributed by atoms with Gasteiger partial charge in [0.1, 0.15) is 0 Å². The number of methoxy groups -OCH3 is 1. The van der Waals surface area contributed by atoms with Crippen molar-refractivity contribution in [3.63, 3.8) is 0 Å². The molecule has 106 valence electrons. The molecule has 0 saturated heterocycles. The maximum Gasteiger partial charge on any atom is 0.254 e. The Bertz CT molecular complexity index is 494. The van der Waals surface area contributed by atoms with Crippen molar-refractivity contribution in [1.82, 2.24) is 4.57 Å². The molecule has 1 aromatic heterocycles. The number of carbonyl (C=O) groups excluding carboxylic acids is 1. The summed E-state index contributed by atoms with van der Waals surface area (Å²) in [4.78, 5) is 23.2. The van der Waals surface area contributed by atoms with Gasteiger partial charge < -0.3 is 9.30 Å². The molecule has 0 spiro atoms. The van der Waals surface area contributed by atoms with Crippen LogP contribution in [0, 0.1) is 0 Å². The Labute approximate surface area is 118 Å². The maximum atomic E-state index is 12.4. The van der Waals surface area contributed by atoms with Crippen LogP contribution in [0.3, 0.4) is 0 Å². The summed E-state index contributed by atoms with van der Waals surface area (Å²) in [6, 6.07) is 3.73. The maximum absolute atomic E-state index is 12.4. The highest BCUT2D eigenvalue weighted by Gasteiger charge is 2.12. The number of halogens is 1. The lowest BCUT2D eigenvalue weighted by atomic mass is 10.1. The van der Waals surface area contributed by atoms with Gasteiger partial charge in [-0.05, 0) is 30.0 Å². The molecule has 0 aliphatic rings. The molecule has 0 saturated carbocycles. The number of aryl methyl sites for hydroxylation is 1. The lowest BCUT2D eigenvalue weighted by Crippen LogP contribution is -2.28. The molecule has 4 nitrogen and oxygen atoms in total. The zero-order chi connectivity index (χ0) is 14.4. The summed E-state index contributed by atoms with van der Waals surface area (Å²) in [5.74, 6) is 0.258. The van der Waals surface area contributed by atoms with Gasteiger partial charge in [0.2, 0.25) is 5.24 Å². The van der Waals surface area contributed by atoms with Gasteiger partial charge in [-0.3, -0.25) is 9.59 Å². The molecule has 0 amide bonds. The van der Waals surface area contributed by atoms with Gasteiger partial charge in [-0.25, -0.2) is 0 Å². The average molecular weight is 286 g/mol. The van der Waals surface area contributed by atoms with Gasteiger partial charge in [0.05, 0.1) is 6.61 Å². The first-order valence-corrected chi connectivity index (χ1v) is 6.75. The fourth-order valence-electron chi connectivity index (χ4n) is 1.98. The lowest BCUT2D eigenvalue weighted by molar-refractivity contribution is -0.111. The second kappa shape index (κ2) is 7.46. The van der Waals surface area contributed by atoms with Crippen molar-refractivity contribution in [1.29, 1.82) is 0 Å². The molecule has 0 fully saturated rings. The third-order valence-corrected chi connectivity index (χ3v) is 3.18. The SMILES string of the molecule is COCCn1c(C(C)C)ccc(CCC(=O)Cl)c1=O. The molecule has 1 heterocycles. The Morgan fingerprint density at radius 3 is 2.63 bits per heavy atom. The first kappa shape index (κ1) is 15.9. The summed E-state index contributed by atoms with van der Waals surface area (Å²) in [7, 11) is 1.61. The number of nitrogens with zero attached hydrogens (tertiary/aromatic N) is 1. The van der Waals surface area contributed by atoms with Crippen molar-refractivity contribution in [3.8, 4) is 0 Å². The second-order valence-electron chi connectivity index (χ2n) is 4.74. The van der Waals surface area contributed by atoms with Crippen LogP contribution >= 0.6 is 11.6 Å². The average Bonchev–Trinajstić information content (AvgIpc) is 2.35. The zero-order valence-electron chi connectivity index (χ0n) is 11.6. The second-order valence-corrected chi connectivity index (χ2v) is 5.16. The number of rotatable bonds is 7. The molecule has 1 aromatic rings.